The number of anilines is 1. The van der Waals surface area contributed by atoms with E-state index in [1.54, 1.807) is 27.7 Å². The molecule has 0 aliphatic rings. The summed E-state index contributed by atoms with van der Waals surface area (Å²) in [6, 6.07) is 5.61. The maximum absolute atomic E-state index is 12.5. The number of ether oxygens (including phenoxy) is 2. The summed E-state index contributed by atoms with van der Waals surface area (Å²) in [7, 11) is 0. The monoisotopic (exact) mass is 417 g/mol. The normalized spacial score (nSPS) is 11.7. The highest BCUT2D eigenvalue weighted by atomic mass is 16.6. The predicted octanol–water partition coefficient (Wildman–Crippen LogP) is 3.29. The van der Waals surface area contributed by atoms with E-state index in [0.29, 0.717) is 11.3 Å². The first-order valence-corrected chi connectivity index (χ1v) is 9.18. The van der Waals surface area contributed by atoms with Crippen molar-refractivity contribution in [2.45, 2.75) is 46.8 Å². The molecule has 0 saturated carbocycles. The van der Waals surface area contributed by atoms with Gasteiger partial charge in [0.1, 0.15) is 11.4 Å². The summed E-state index contributed by atoms with van der Waals surface area (Å²) < 4.78 is 10.4. The zero-order valence-electron chi connectivity index (χ0n) is 17.3. The molecule has 2 rings (SSSR count). The fraction of sp³-hybridized carbons (Fsp3) is 0.350. The average Bonchev–Trinajstić information content (AvgIpc) is 2.95. The summed E-state index contributed by atoms with van der Waals surface area (Å²) in [5.41, 5.74) is 0.729. The quantitative estimate of drug-likeness (QED) is 0.400. The Morgan fingerprint density at radius 1 is 1.07 bits per heavy atom. The molecule has 0 radical (unpaired) electrons. The number of esters is 2. The third kappa shape index (κ3) is 5.02. The van der Waals surface area contributed by atoms with Crippen LogP contribution in [0.4, 0.5) is 11.4 Å². The zero-order valence-corrected chi connectivity index (χ0v) is 17.3. The van der Waals surface area contributed by atoms with Gasteiger partial charge in [0.05, 0.1) is 16.6 Å². The molecule has 2 N–H and O–H groups in total. The number of nitrogens with zero attached hydrogens (tertiary/aromatic N) is 1. The number of para-hydroxylation sites is 2. The van der Waals surface area contributed by atoms with Crippen molar-refractivity contribution in [3.05, 3.63) is 56.9 Å². The van der Waals surface area contributed by atoms with Gasteiger partial charge in [-0.3, -0.25) is 14.9 Å². The summed E-state index contributed by atoms with van der Waals surface area (Å²) >= 11 is 0. The molecule has 10 heteroatoms. The molecule has 10 nitrogen and oxygen atoms in total. The molecule has 0 fully saturated rings. The molecule has 0 spiro atoms. The molecule has 0 aliphatic carbocycles. The van der Waals surface area contributed by atoms with Crippen LogP contribution in [0.1, 0.15) is 52.9 Å². The lowest BCUT2D eigenvalue weighted by molar-refractivity contribution is -0.383. The molecule has 0 bridgehead atoms. The summed E-state index contributed by atoms with van der Waals surface area (Å²) in [4.78, 5) is 50.3. The molecule has 30 heavy (non-hydrogen) atoms. The fourth-order valence-corrected chi connectivity index (χ4v) is 2.78. The largest absolute Gasteiger partial charge is 0.459 e. The fourth-order valence-electron chi connectivity index (χ4n) is 2.78. The number of nitro groups is 1. The highest BCUT2D eigenvalue weighted by molar-refractivity contribution is 6.01. The molecule has 1 aromatic heterocycles. The van der Waals surface area contributed by atoms with Gasteiger partial charge >= 0.3 is 11.9 Å². The molecule has 0 unspecified atom stereocenters. The minimum atomic E-state index is -1.24. The molecule has 1 amide bonds. The number of aromatic amines is 1. The number of amides is 1. The van der Waals surface area contributed by atoms with Gasteiger partial charge in [0, 0.05) is 11.8 Å². The molecule has 0 aliphatic heterocycles. The number of H-pyrrole nitrogens is 1. The highest BCUT2D eigenvalue weighted by Gasteiger charge is 2.27. The van der Waals surface area contributed by atoms with Crippen LogP contribution in [0.15, 0.2) is 24.3 Å². The van der Waals surface area contributed by atoms with Crippen LogP contribution < -0.4 is 5.32 Å². The van der Waals surface area contributed by atoms with E-state index in [1.807, 2.05) is 0 Å². The van der Waals surface area contributed by atoms with Crippen LogP contribution in [0.2, 0.25) is 0 Å². The molecular formula is C20H23N3O7. The topological polar surface area (TPSA) is 141 Å². The molecule has 1 atom stereocenters. The Bertz CT molecular complexity index is 994. The van der Waals surface area contributed by atoms with Crippen molar-refractivity contribution in [3.8, 4) is 0 Å². The minimum Gasteiger partial charge on any atom is -0.459 e. The van der Waals surface area contributed by atoms with Crippen LogP contribution in [0, 0.1) is 24.0 Å². The summed E-state index contributed by atoms with van der Waals surface area (Å²) in [5.74, 6) is -2.15. The van der Waals surface area contributed by atoms with Crippen LogP contribution in [0.3, 0.4) is 0 Å². The second-order valence-electron chi connectivity index (χ2n) is 6.89. The third-order valence-electron chi connectivity index (χ3n) is 4.20. The number of hydrogen-bond acceptors (Lipinski definition) is 7. The van der Waals surface area contributed by atoms with E-state index in [9.17, 15) is 24.5 Å². The van der Waals surface area contributed by atoms with E-state index in [-0.39, 0.29) is 28.7 Å². The van der Waals surface area contributed by atoms with Crippen molar-refractivity contribution in [2.24, 2.45) is 0 Å². The Morgan fingerprint density at radius 2 is 1.70 bits per heavy atom. The number of hydrogen-bond donors (Lipinski definition) is 2. The Hall–Kier alpha value is -3.69. The van der Waals surface area contributed by atoms with Crippen molar-refractivity contribution < 1.29 is 28.8 Å². The van der Waals surface area contributed by atoms with Crippen LogP contribution >= 0.6 is 0 Å². The molecular weight excluding hydrogens is 394 g/mol. The van der Waals surface area contributed by atoms with Crippen LogP contribution in [-0.4, -0.2) is 40.0 Å². The van der Waals surface area contributed by atoms with Crippen LogP contribution in [-0.2, 0) is 14.3 Å². The van der Waals surface area contributed by atoms with Crippen molar-refractivity contribution in [1.82, 2.24) is 4.98 Å². The highest BCUT2D eigenvalue weighted by Crippen LogP contribution is 2.24. The van der Waals surface area contributed by atoms with Gasteiger partial charge in [-0.15, -0.1) is 0 Å². The number of rotatable bonds is 7. The number of aryl methyl sites for hydroxylation is 1. The number of carbonyl (C=O) groups is 3. The average molecular weight is 417 g/mol. The molecule has 160 valence electrons. The Kier molecular flexibility index (Phi) is 6.93. The molecule has 2 aromatic rings. The Labute approximate surface area is 172 Å². The first-order chi connectivity index (χ1) is 14.0. The number of aromatic nitrogens is 1. The number of nitrogens with one attached hydrogen (secondary N) is 2. The first-order valence-electron chi connectivity index (χ1n) is 9.18. The summed E-state index contributed by atoms with van der Waals surface area (Å²) in [6.07, 6.45) is -1.57. The molecule has 1 aromatic carbocycles. The SMILES string of the molecule is Cc1[nH]c(C(=O)O[C@H](C)C(=O)Nc2ccccc2[N+](=O)[O-])c(C)c1C(=O)OC(C)C. The van der Waals surface area contributed by atoms with E-state index < -0.39 is 28.9 Å². The number of benzene rings is 1. The van der Waals surface area contributed by atoms with E-state index in [4.69, 9.17) is 9.47 Å². The standard InChI is InChI=1S/C20H23N3O7/c1-10(2)29-19(25)16-11(3)17(21-12(16)4)20(26)30-13(5)18(24)22-14-8-6-7-9-15(14)23(27)28/h6-10,13,21H,1-5H3,(H,22,24)/t13-/m1/s1. The number of carbonyl (C=O) groups excluding carboxylic acids is 3. The van der Waals surface area contributed by atoms with Gasteiger partial charge in [-0.1, -0.05) is 12.1 Å². The van der Waals surface area contributed by atoms with Gasteiger partial charge in [-0.25, -0.2) is 9.59 Å². The maximum Gasteiger partial charge on any atom is 0.355 e. The lowest BCUT2D eigenvalue weighted by atomic mass is 10.1. The van der Waals surface area contributed by atoms with Crippen molar-refractivity contribution in [3.63, 3.8) is 0 Å². The van der Waals surface area contributed by atoms with Crippen LogP contribution in [0.5, 0.6) is 0 Å². The van der Waals surface area contributed by atoms with Gasteiger partial charge in [0.25, 0.3) is 11.6 Å². The second-order valence-corrected chi connectivity index (χ2v) is 6.89. The maximum atomic E-state index is 12.5. The van der Waals surface area contributed by atoms with E-state index >= 15 is 0 Å². The van der Waals surface area contributed by atoms with Gasteiger partial charge in [0.2, 0.25) is 0 Å². The minimum absolute atomic E-state index is 0.0129. The van der Waals surface area contributed by atoms with Gasteiger partial charge in [-0.2, -0.15) is 0 Å². The Balaban J connectivity index is 2.14. The third-order valence-corrected chi connectivity index (χ3v) is 4.20. The van der Waals surface area contributed by atoms with Crippen molar-refractivity contribution in [1.29, 1.82) is 0 Å². The molecule has 0 saturated heterocycles. The van der Waals surface area contributed by atoms with Crippen LogP contribution in [0.25, 0.3) is 0 Å². The predicted molar refractivity (Wildman–Crippen MR) is 107 cm³/mol. The second kappa shape index (κ2) is 9.21. The Morgan fingerprint density at radius 3 is 2.30 bits per heavy atom. The van der Waals surface area contributed by atoms with E-state index in [1.165, 1.54) is 31.2 Å². The van der Waals surface area contributed by atoms with Gasteiger partial charge in [0.15, 0.2) is 6.10 Å². The lowest BCUT2D eigenvalue weighted by Gasteiger charge is -2.13. The first kappa shape index (κ1) is 22.6. The molecule has 1 heterocycles. The van der Waals surface area contributed by atoms with Crippen molar-refractivity contribution >= 4 is 29.2 Å². The summed E-state index contributed by atoms with van der Waals surface area (Å²) in [5, 5.41) is 13.4. The van der Waals surface area contributed by atoms with E-state index in [0.717, 1.165) is 0 Å². The zero-order chi connectivity index (χ0) is 22.6. The van der Waals surface area contributed by atoms with E-state index in [2.05, 4.69) is 10.3 Å². The summed E-state index contributed by atoms with van der Waals surface area (Å²) in [6.45, 7) is 7.94. The van der Waals surface area contributed by atoms with Crippen molar-refractivity contribution in [2.75, 3.05) is 5.32 Å². The number of nitro benzene ring substituents is 1. The smallest absolute Gasteiger partial charge is 0.355 e. The van der Waals surface area contributed by atoms with Gasteiger partial charge in [-0.05, 0) is 46.2 Å². The lowest BCUT2D eigenvalue weighted by Crippen LogP contribution is -2.30. The van der Waals surface area contributed by atoms with Gasteiger partial charge < -0.3 is 19.8 Å².